The second kappa shape index (κ2) is 2.95. The topological polar surface area (TPSA) is 0 Å². The van der Waals surface area contributed by atoms with E-state index < -0.39 is 0 Å². The van der Waals surface area contributed by atoms with Crippen molar-refractivity contribution in [1.82, 2.24) is 0 Å². The first-order valence-electron chi connectivity index (χ1n) is 2.21. The summed E-state index contributed by atoms with van der Waals surface area (Å²) in [5.74, 6) is 0.530. The molecular formula is C6H11. The first-order valence-corrected chi connectivity index (χ1v) is 2.21. The van der Waals surface area contributed by atoms with Crippen LogP contribution in [0.4, 0.5) is 0 Å². The number of rotatable bonds is 2. The Morgan fingerprint density at radius 1 is 1.83 bits per heavy atom. The third kappa shape index (κ3) is 3.74. The van der Waals surface area contributed by atoms with Gasteiger partial charge in [-0.3, -0.25) is 0 Å². The van der Waals surface area contributed by atoms with Crippen LogP contribution >= 0.6 is 0 Å². The van der Waals surface area contributed by atoms with Gasteiger partial charge in [0.25, 0.3) is 0 Å². The molecule has 0 heteroatoms. The molecule has 0 aliphatic carbocycles. The summed E-state index contributed by atoms with van der Waals surface area (Å²) in [5.41, 5.74) is 0. The first-order chi connectivity index (χ1) is 2.77. The van der Waals surface area contributed by atoms with E-state index >= 15 is 0 Å². The SMILES string of the molecule is [CH2][C@@H](C)CC=C. The first kappa shape index (κ1) is 5.74. The second-order valence-corrected chi connectivity index (χ2v) is 1.63. The van der Waals surface area contributed by atoms with Crippen molar-refractivity contribution in [3.05, 3.63) is 19.6 Å². The van der Waals surface area contributed by atoms with E-state index in [0.29, 0.717) is 5.92 Å². The van der Waals surface area contributed by atoms with Gasteiger partial charge in [-0.1, -0.05) is 19.9 Å². The van der Waals surface area contributed by atoms with Crippen LogP contribution < -0.4 is 0 Å². The summed E-state index contributed by atoms with van der Waals surface area (Å²) in [6.07, 6.45) is 2.91. The van der Waals surface area contributed by atoms with E-state index in [0.717, 1.165) is 6.42 Å². The van der Waals surface area contributed by atoms with Crippen LogP contribution in [0.1, 0.15) is 13.3 Å². The van der Waals surface area contributed by atoms with Crippen LogP contribution in [-0.2, 0) is 0 Å². The average molecular weight is 83.2 g/mol. The Morgan fingerprint density at radius 2 is 2.33 bits per heavy atom. The molecule has 0 aliphatic rings. The Hall–Kier alpha value is -0.260. The van der Waals surface area contributed by atoms with E-state index in [1.54, 1.807) is 0 Å². The second-order valence-electron chi connectivity index (χ2n) is 1.63. The van der Waals surface area contributed by atoms with Crippen molar-refractivity contribution in [3.8, 4) is 0 Å². The number of allylic oxidation sites excluding steroid dienone is 1. The van der Waals surface area contributed by atoms with Crippen LogP contribution in [0.3, 0.4) is 0 Å². The normalized spacial score (nSPS) is 9.17. The molecule has 0 rings (SSSR count). The van der Waals surface area contributed by atoms with Crippen molar-refractivity contribution in [2.45, 2.75) is 13.3 Å². The zero-order chi connectivity index (χ0) is 4.99. The lowest BCUT2D eigenvalue weighted by molar-refractivity contribution is 0.741. The van der Waals surface area contributed by atoms with Crippen molar-refractivity contribution in [1.29, 1.82) is 0 Å². The monoisotopic (exact) mass is 83.1 g/mol. The lowest BCUT2D eigenvalue weighted by Gasteiger charge is -1.92. The maximum atomic E-state index is 3.76. The fourth-order valence-corrected chi connectivity index (χ4v) is 0.285. The van der Waals surface area contributed by atoms with Gasteiger partial charge < -0.3 is 0 Å². The summed E-state index contributed by atoms with van der Waals surface area (Å²) >= 11 is 0. The fraction of sp³-hybridized carbons (Fsp3) is 0.500. The highest BCUT2D eigenvalue weighted by Crippen LogP contribution is 1.96. The maximum absolute atomic E-state index is 3.76. The molecule has 0 unspecified atom stereocenters. The molecule has 0 bridgehead atoms. The molecule has 0 saturated heterocycles. The van der Waals surface area contributed by atoms with Gasteiger partial charge >= 0.3 is 0 Å². The third-order valence-corrected chi connectivity index (χ3v) is 0.569. The van der Waals surface area contributed by atoms with Crippen molar-refractivity contribution in [2.75, 3.05) is 0 Å². The van der Waals surface area contributed by atoms with E-state index in [1.807, 2.05) is 6.08 Å². The van der Waals surface area contributed by atoms with Crippen molar-refractivity contribution >= 4 is 0 Å². The molecule has 1 radical (unpaired) electrons. The van der Waals surface area contributed by atoms with E-state index in [-0.39, 0.29) is 0 Å². The molecule has 0 heterocycles. The van der Waals surface area contributed by atoms with E-state index in [9.17, 15) is 0 Å². The van der Waals surface area contributed by atoms with E-state index in [1.165, 1.54) is 0 Å². The Kier molecular flexibility index (Phi) is 2.82. The van der Waals surface area contributed by atoms with Gasteiger partial charge in [0.15, 0.2) is 0 Å². The Morgan fingerprint density at radius 3 is 2.33 bits per heavy atom. The van der Waals surface area contributed by atoms with Crippen LogP contribution in [-0.4, -0.2) is 0 Å². The quantitative estimate of drug-likeness (QED) is 0.448. The smallest absolute Gasteiger partial charge is 0.0328 e. The summed E-state index contributed by atoms with van der Waals surface area (Å²) < 4.78 is 0. The summed E-state index contributed by atoms with van der Waals surface area (Å²) in [5, 5.41) is 0. The molecule has 1 atom stereocenters. The van der Waals surface area contributed by atoms with Crippen molar-refractivity contribution in [3.63, 3.8) is 0 Å². The van der Waals surface area contributed by atoms with Gasteiger partial charge in [-0.05, 0) is 12.3 Å². The minimum atomic E-state index is 0.530. The molecular weight excluding hydrogens is 72.1 g/mol. The van der Waals surface area contributed by atoms with Crippen LogP contribution in [0.5, 0.6) is 0 Å². The summed E-state index contributed by atoms with van der Waals surface area (Å²) in [6.45, 7) is 9.39. The molecule has 0 spiro atoms. The summed E-state index contributed by atoms with van der Waals surface area (Å²) in [7, 11) is 0. The number of hydrogen-bond acceptors (Lipinski definition) is 0. The van der Waals surface area contributed by atoms with E-state index in [4.69, 9.17) is 0 Å². The molecule has 0 aromatic rings. The predicted molar refractivity (Wildman–Crippen MR) is 29.3 cm³/mol. The molecule has 35 valence electrons. The molecule has 0 N–H and O–H groups in total. The van der Waals surface area contributed by atoms with Gasteiger partial charge in [-0.2, -0.15) is 0 Å². The van der Waals surface area contributed by atoms with Crippen molar-refractivity contribution in [2.24, 2.45) is 5.92 Å². The van der Waals surface area contributed by atoms with Crippen LogP contribution in [0.2, 0.25) is 0 Å². The van der Waals surface area contributed by atoms with Gasteiger partial charge in [0.2, 0.25) is 0 Å². The summed E-state index contributed by atoms with van der Waals surface area (Å²) in [6, 6.07) is 0. The Bertz CT molecular complexity index is 35.3. The highest BCUT2D eigenvalue weighted by molar-refractivity contribution is 4.70. The van der Waals surface area contributed by atoms with Gasteiger partial charge in [-0.15, -0.1) is 6.58 Å². The third-order valence-electron chi connectivity index (χ3n) is 0.569. The van der Waals surface area contributed by atoms with Crippen LogP contribution in [0, 0.1) is 12.8 Å². The average Bonchev–Trinajstić information content (AvgIpc) is 1.35. The fourth-order valence-electron chi connectivity index (χ4n) is 0.285. The van der Waals surface area contributed by atoms with Gasteiger partial charge in [0, 0.05) is 0 Å². The number of hydrogen-bond donors (Lipinski definition) is 0. The maximum Gasteiger partial charge on any atom is -0.0328 e. The Labute approximate surface area is 39.9 Å². The Balaban J connectivity index is 2.81. The molecule has 0 saturated carbocycles. The van der Waals surface area contributed by atoms with Gasteiger partial charge in [0.05, 0.1) is 0 Å². The lowest BCUT2D eigenvalue weighted by atomic mass is 10.1. The highest BCUT2D eigenvalue weighted by Gasteiger charge is 1.82. The van der Waals surface area contributed by atoms with E-state index in [2.05, 4.69) is 20.4 Å². The van der Waals surface area contributed by atoms with Gasteiger partial charge in [-0.25, -0.2) is 0 Å². The van der Waals surface area contributed by atoms with Crippen LogP contribution in [0.15, 0.2) is 12.7 Å². The molecule has 0 aromatic heterocycles. The highest BCUT2D eigenvalue weighted by atomic mass is 13.9. The van der Waals surface area contributed by atoms with Crippen LogP contribution in [0.25, 0.3) is 0 Å². The summed E-state index contributed by atoms with van der Waals surface area (Å²) in [4.78, 5) is 0. The largest absolute Gasteiger partial charge is 0.103 e. The zero-order valence-corrected chi connectivity index (χ0v) is 4.28. The minimum absolute atomic E-state index is 0.530. The molecule has 0 aromatic carbocycles. The molecule has 0 aliphatic heterocycles. The predicted octanol–water partition coefficient (Wildman–Crippen LogP) is 2.03. The molecule has 0 fully saturated rings. The lowest BCUT2D eigenvalue weighted by Crippen LogP contribution is -1.79. The minimum Gasteiger partial charge on any atom is -0.103 e. The standard InChI is InChI=1S/C6H11/c1-4-5-6(2)3/h4,6H,1-2,5H2,3H3/t6-/m0/s1. The van der Waals surface area contributed by atoms with Gasteiger partial charge in [0.1, 0.15) is 0 Å². The van der Waals surface area contributed by atoms with Crippen molar-refractivity contribution < 1.29 is 0 Å². The molecule has 0 amide bonds. The molecule has 6 heavy (non-hydrogen) atoms. The zero-order valence-electron chi connectivity index (χ0n) is 4.28. The molecule has 0 nitrogen and oxygen atoms in total.